The van der Waals surface area contributed by atoms with Crippen LogP contribution in [0, 0.1) is 0 Å². The Kier molecular flexibility index (Phi) is 3.72. The van der Waals surface area contributed by atoms with E-state index in [1.165, 1.54) is 7.11 Å². The van der Waals surface area contributed by atoms with Crippen LogP contribution >= 0.6 is 0 Å². The Hall–Kier alpha value is -3.55. The summed E-state index contributed by atoms with van der Waals surface area (Å²) in [5.74, 6) is 1.69. The van der Waals surface area contributed by atoms with E-state index in [-0.39, 0.29) is 11.5 Å². The van der Waals surface area contributed by atoms with Crippen LogP contribution in [0.3, 0.4) is 0 Å². The number of aromatic amines is 1. The van der Waals surface area contributed by atoms with Gasteiger partial charge in [-0.25, -0.2) is 14.9 Å². The molecular formula is C18H18N5O3+. The highest BCUT2D eigenvalue weighted by Crippen LogP contribution is 2.31. The number of nitrogens with zero attached hydrogens (tertiary/aromatic N) is 2. The largest absolute Gasteiger partial charge is 0.493 e. The molecule has 8 heteroatoms. The Bertz CT molecular complexity index is 1080. The van der Waals surface area contributed by atoms with Crippen molar-refractivity contribution < 1.29 is 14.0 Å². The lowest BCUT2D eigenvalue weighted by molar-refractivity contribution is -0.677. The van der Waals surface area contributed by atoms with Crippen LogP contribution in [0.25, 0.3) is 10.9 Å². The van der Waals surface area contributed by atoms with E-state index in [1.807, 2.05) is 34.9 Å². The maximum atomic E-state index is 12.6. The first kappa shape index (κ1) is 15.9. The first-order valence-corrected chi connectivity index (χ1v) is 8.01. The second-order valence-electron chi connectivity index (χ2n) is 5.82. The van der Waals surface area contributed by atoms with Gasteiger partial charge in [-0.2, -0.15) is 4.99 Å². The molecule has 26 heavy (non-hydrogen) atoms. The van der Waals surface area contributed by atoms with Gasteiger partial charge >= 0.3 is 11.5 Å². The van der Waals surface area contributed by atoms with Crippen molar-refractivity contribution in [3.05, 3.63) is 58.4 Å². The zero-order valence-corrected chi connectivity index (χ0v) is 14.3. The van der Waals surface area contributed by atoms with Gasteiger partial charge in [0.25, 0.3) is 5.96 Å². The molecule has 1 atom stereocenters. The number of rotatable bonds is 3. The molecule has 0 amide bonds. The molecule has 8 nitrogen and oxygen atoms in total. The first-order chi connectivity index (χ1) is 12.6. The predicted molar refractivity (Wildman–Crippen MR) is 97.7 cm³/mol. The summed E-state index contributed by atoms with van der Waals surface area (Å²) >= 11 is 0. The standard InChI is InChI=1S/C18H17N5O3/c1-25-13-8-11-12(9-14(13)26-2)23-15(10-6-4-3-5-7-10)20-17(19)22-18(23)21-16(11)24/h3-9,15H,1-2H3,(H3,19,20,21,22,24)/p+1/t15-/m1/s1. The van der Waals surface area contributed by atoms with Crippen LogP contribution in [0.4, 0.5) is 5.95 Å². The second kappa shape index (κ2) is 6.07. The van der Waals surface area contributed by atoms with Crippen molar-refractivity contribution in [2.45, 2.75) is 6.17 Å². The highest BCUT2D eigenvalue weighted by atomic mass is 16.5. The molecule has 0 aliphatic carbocycles. The van der Waals surface area contributed by atoms with Gasteiger partial charge in [0.1, 0.15) is 5.52 Å². The Labute approximate surface area is 148 Å². The molecule has 0 unspecified atom stereocenters. The topological polar surface area (TPSA) is 106 Å². The molecule has 2 heterocycles. The maximum absolute atomic E-state index is 12.6. The molecule has 2 aromatic carbocycles. The lowest BCUT2D eigenvalue weighted by Gasteiger charge is -2.22. The van der Waals surface area contributed by atoms with Crippen molar-refractivity contribution >= 4 is 22.8 Å². The number of ether oxygens (including phenoxy) is 2. The van der Waals surface area contributed by atoms with E-state index in [0.717, 1.165) is 5.56 Å². The lowest BCUT2D eigenvalue weighted by atomic mass is 10.1. The van der Waals surface area contributed by atoms with Crippen molar-refractivity contribution in [3.8, 4) is 11.5 Å². The van der Waals surface area contributed by atoms with Crippen LogP contribution in [0.5, 0.6) is 11.5 Å². The van der Waals surface area contributed by atoms with Crippen LogP contribution < -0.4 is 30.7 Å². The monoisotopic (exact) mass is 352 g/mol. The highest BCUT2D eigenvalue weighted by molar-refractivity contribution is 5.91. The fraction of sp³-hybridized carbons (Fsp3) is 0.167. The van der Waals surface area contributed by atoms with Crippen molar-refractivity contribution in [3.63, 3.8) is 0 Å². The Balaban J connectivity index is 2.07. The molecule has 132 valence electrons. The molecule has 4 rings (SSSR count). The number of hydrogen-bond donors (Lipinski definition) is 3. The highest BCUT2D eigenvalue weighted by Gasteiger charge is 2.31. The van der Waals surface area contributed by atoms with Gasteiger partial charge in [0, 0.05) is 17.7 Å². The minimum absolute atomic E-state index is 0.231. The van der Waals surface area contributed by atoms with E-state index in [9.17, 15) is 4.79 Å². The third kappa shape index (κ3) is 2.43. The average molecular weight is 352 g/mol. The summed E-state index contributed by atoms with van der Waals surface area (Å²) in [6.07, 6.45) is -0.426. The smallest absolute Gasteiger partial charge is 0.367 e. The number of hydrogen-bond acceptors (Lipinski definition) is 6. The van der Waals surface area contributed by atoms with Crippen molar-refractivity contribution in [2.24, 2.45) is 10.7 Å². The van der Waals surface area contributed by atoms with Gasteiger partial charge in [-0.3, -0.25) is 4.79 Å². The van der Waals surface area contributed by atoms with E-state index >= 15 is 0 Å². The quantitative estimate of drug-likeness (QED) is 0.613. The fourth-order valence-electron chi connectivity index (χ4n) is 3.14. The summed E-state index contributed by atoms with van der Waals surface area (Å²) in [5, 5.41) is 3.38. The van der Waals surface area contributed by atoms with Crippen molar-refractivity contribution in [2.75, 3.05) is 19.5 Å². The van der Waals surface area contributed by atoms with Gasteiger partial charge in [-0.15, -0.1) is 0 Å². The number of nitrogens with two attached hydrogens (primary N) is 1. The SMILES string of the molecule is COc1cc2c(=O)[nH]c3[n+](c2cc1OC)[C@H](c1ccccc1)N=C(N)N3. The van der Waals surface area contributed by atoms with Crippen LogP contribution in [-0.4, -0.2) is 25.2 Å². The molecule has 0 radical (unpaired) electrons. The summed E-state index contributed by atoms with van der Waals surface area (Å²) in [5.41, 5.74) is 7.26. The van der Waals surface area contributed by atoms with Gasteiger partial charge in [0.05, 0.1) is 19.6 Å². The summed E-state index contributed by atoms with van der Waals surface area (Å²) < 4.78 is 12.6. The van der Waals surface area contributed by atoms with Gasteiger partial charge in [0.15, 0.2) is 11.5 Å². The molecule has 0 spiro atoms. The number of anilines is 1. The van der Waals surface area contributed by atoms with E-state index in [0.29, 0.717) is 28.4 Å². The number of benzene rings is 2. The molecule has 0 fully saturated rings. The number of nitrogens with one attached hydrogen (secondary N) is 2. The van der Waals surface area contributed by atoms with Crippen LogP contribution in [0.15, 0.2) is 52.3 Å². The number of aliphatic imine (C=N–C) groups is 1. The Morgan fingerprint density at radius 1 is 1.12 bits per heavy atom. The minimum atomic E-state index is -0.426. The fourth-order valence-corrected chi connectivity index (χ4v) is 3.14. The number of aromatic nitrogens is 2. The second-order valence-corrected chi connectivity index (χ2v) is 5.82. The zero-order chi connectivity index (χ0) is 18.3. The number of guanidine groups is 1. The van der Waals surface area contributed by atoms with Gasteiger partial charge in [-0.1, -0.05) is 30.3 Å². The lowest BCUT2D eigenvalue weighted by Crippen LogP contribution is -2.51. The molecule has 1 aliphatic rings. The number of H-pyrrole nitrogens is 1. The van der Waals surface area contributed by atoms with Crippen LogP contribution in [0.2, 0.25) is 0 Å². The molecular weight excluding hydrogens is 334 g/mol. The van der Waals surface area contributed by atoms with Gasteiger partial charge < -0.3 is 15.2 Å². The molecule has 0 saturated carbocycles. The van der Waals surface area contributed by atoms with Crippen molar-refractivity contribution in [1.82, 2.24) is 4.98 Å². The molecule has 1 aromatic heterocycles. The molecule has 3 aromatic rings. The Morgan fingerprint density at radius 3 is 2.50 bits per heavy atom. The van der Waals surface area contributed by atoms with Crippen LogP contribution in [-0.2, 0) is 0 Å². The average Bonchev–Trinajstić information content (AvgIpc) is 2.67. The summed E-state index contributed by atoms with van der Waals surface area (Å²) in [7, 11) is 3.08. The van der Waals surface area contributed by atoms with Gasteiger partial charge in [-0.05, 0) is 0 Å². The normalized spacial score (nSPS) is 15.8. The first-order valence-electron chi connectivity index (χ1n) is 8.01. The predicted octanol–water partition coefficient (Wildman–Crippen LogP) is 1.12. The maximum Gasteiger partial charge on any atom is 0.367 e. The number of fused-ring (bicyclic) bond motifs is 3. The molecule has 1 aliphatic heterocycles. The minimum Gasteiger partial charge on any atom is -0.493 e. The van der Waals surface area contributed by atoms with Crippen molar-refractivity contribution in [1.29, 1.82) is 0 Å². The van der Waals surface area contributed by atoms with Gasteiger partial charge in [0.2, 0.25) is 6.17 Å². The summed E-state index contributed by atoms with van der Waals surface area (Å²) in [4.78, 5) is 19.9. The zero-order valence-electron chi connectivity index (χ0n) is 14.3. The Morgan fingerprint density at radius 2 is 1.81 bits per heavy atom. The van der Waals surface area contributed by atoms with Crippen LogP contribution in [0.1, 0.15) is 11.7 Å². The third-order valence-electron chi connectivity index (χ3n) is 4.33. The summed E-state index contributed by atoms with van der Waals surface area (Å²) in [6.45, 7) is 0. The molecule has 4 N–H and O–H groups in total. The van der Waals surface area contributed by atoms with E-state index in [2.05, 4.69) is 15.3 Å². The third-order valence-corrected chi connectivity index (χ3v) is 4.33. The van der Waals surface area contributed by atoms with E-state index < -0.39 is 6.17 Å². The summed E-state index contributed by atoms with van der Waals surface area (Å²) in [6, 6.07) is 13.1. The molecule has 0 saturated heterocycles. The van der Waals surface area contributed by atoms with E-state index in [1.54, 1.807) is 19.2 Å². The molecule has 0 bridgehead atoms. The van der Waals surface area contributed by atoms with E-state index in [4.69, 9.17) is 15.2 Å². The number of methoxy groups -OCH3 is 2.